The van der Waals surface area contributed by atoms with Gasteiger partial charge in [0.2, 0.25) is 5.91 Å². The third kappa shape index (κ3) is 4.27. The zero-order valence-electron chi connectivity index (χ0n) is 10.4. The van der Waals surface area contributed by atoms with Gasteiger partial charge in [0, 0.05) is 0 Å². The van der Waals surface area contributed by atoms with Crippen molar-refractivity contribution in [1.29, 1.82) is 0 Å². The van der Waals surface area contributed by atoms with Crippen LogP contribution in [-0.2, 0) is 4.79 Å². The van der Waals surface area contributed by atoms with Crippen molar-refractivity contribution in [2.45, 2.75) is 32.6 Å². The van der Waals surface area contributed by atoms with Gasteiger partial charge in [-0.1, -0.05) is 13.0 Å². The van der Waals surface area contributed by atoms with Gasteiger partial charge in [-0.05, 0) is 38.0 Å². The molecule has 0 heterocycles. The highest BCUT2D eigenvalue weighted by Gasteiger charge is 2.12. The summed E-state index contributed by atoms with van der Waals surface area (Å²) in [5, 5.41) is 2.19. The lowest BCUT2D eigenvalue weighted by molar-refractivity contribution is -0.115. The number of hydrogen-bond acceptors (Lipinski definition) is 2. The van der Waals surface area contributed by atoms with E-state index in [9.17, 15) is 4.79 Å². The predicted octanol–water partition coefficient (Wildman–Crippen LogP) is 3.35. The number of halogens is 1. The van der Waals surface area contributed by atoms with Gasteiger partial charge < -0.3 is 10.1 Å². The molecule has 4 heteroatoms. The first kappa shape index (κ1) is 13.8. The summed E-state index contributed by atoms with van der Waals surface area (Å²) in [6.45, 7) is 6.28. The van der Waals surface area contributed by atoms with Gasteiger partial charge in [-0.25, -0.2) is 0 Å². The van der Waals surface area contributed by atoms with Gasteiger partial charge in [0.25, 0.3) is 0 Å². The smallest absolute Gasteiger partial charge is 0.242 e. The van der Waals surface area contributed by atoms with Crippen molar-refractivity contribution in [3.05, 3.63) is 23.8 Å². The number of ether oxygens (including phenoxy) is 1. The van der Waals surface area contributed by atoms with Crippen LogP contribution in [0.5, 0.6) is 5.75 Å². The molecule has 0 aliphatic heterocycles. The fourth-order valence-electron chi connectivity index (χ4n) is 1.30. The Balaban J connectivity index is 2.85. The third-order valence-electron chi connectivity index (χ3n) is 2.22. The van der Waals surface area contributed by atoms with E-state index in [4.69, 9.17) is 16.3 Å². The van der Waals surface area contributed by atoms with E-state index in [-0.39, 0.29) is 5.91 Å². The molecule has 0 aliphatic rings. The number of rotatable bonds is 5. The number of alkyl halides is 1. The van der Waals surface area contributed by atoms with Crippen molar-refractivity contribution >= 4 is 23.2 Å². The molecule has 1 unspecified atom stereocenters. The highest BCUT2D eigenvalue weighted by Crippen LogP contribution is 2.26. The van der Waals surface area contributed by atoms with Gasteiger partial charge in [-0.2, -0.15) is 0 Å². The molecule has 0 saturated heterocycles. The Morgan fingerprint density at radius 3 is 2.82 bits per heavy atom. The summed E-state index contributed by atoms with van der Waals surface area (Å²) in [4.78, 5) is 11.5. The minimum Gasteiger partial charge on any atom is -0.491 e. The zero-order valence-corrected chi connectivity index (χ0v) is 11.2. The summed E-state index contributed by atoms with van der Waals surface area (Å²) in [5.74, 6) is 0.467. The Morgan fingerprint density at radius 1 is 1.53 bits per heavy atom. The lowest BCUT2D eigenvalue weighted by atomic mass is 10.2. The maximum Gasteiger partial charge on any atom is 0.242 e. The van der Waals surface area contributed by atoms with Crippen molar-refractivity contribution < 1.29 is 9.53 Å². The average Bonchev–Trinajstić information content (AvgIpc) is 2.29. The average molecular weight is 256 g/mol. The van der Waals surface area contributed by atoms with Crippen LogP contribution < -0.4 is 10.1 Å². The number of nitrogens with one attached hydrogen (secondary N) is 1. The molecule has 0 spiro atoms. The van der Waals surface area contributed by atoms with Gasteiger partial charge in [-0.3, -0.25) is 4.79 Å². The molecule has 94 valence electrons. The number of benzene rings is 1. The molecule has 3 nitrogen and oxygen atoms in total. The standard InChI is InChI=1S/C13H18ClNO2/c1-4-7-17-12-8-9(2)5-6-11(12)15-13(16)10(3)14/h5-6,8,10H,4,7H2,1-3H3,(H,15,16). The molecule has 0 aliphatic carbocycles. The first-order valence-electron chi connectivity index (χ1n) is 5.73. The maximum atomic E-state index is 11.5. The molecule has 0 saturated carbocycles. The summed E-state index contributed by atoms with van der Waals surface area (Å²) in [7, 11) is 0. The van der Waals surface area contributed by atoms with Gasteiger partial charge in [-0.15, -0.1) is 11.6 Å². The van der Waals surface area contributed by atoms with Gasteiger partial charge in [0.1, 0.15) is 11.1 Å². The number of anilines is 1. The third-order valence-corrected chi connectivity index (χ3v) is 2.42. The van der Waals surface area contributed by atoms with E-state index < -0.39 is 5.38 Å². The Morgan fingerprint density at radius 2 is 2.24 bits per heavy atom. The monoisotopic (exact) mass is 255 g/mol. The number of amides is 1. The summed E-state index contributed by atoms with van der Waals surface area (Å²) >= 11 is 5.71. The summed E-state index contributed by atoms with van der Waals surface area (Å²) in [6.07, 6.45) is 0.924. The van der Waals surface area contributed by atoms with Crippen LogP contribution in [0.4, 0.5) is 5.69 Å². The Bertz CT molecular complexity index is 391. The highest BCUT2D eigenvalue weighted by atomic mass is 35.5. The number of carbonyl (C=O) groups is 1. The van der Waals surface area contributed by atoms with Crippen LogP contribution in [0.1, 0.15) is 25.8 Å². The first-order valence-corrected chi connectivity index (χ1v) is 6.16. The van der Waals surface area contributed by atoms with Gasteiger partial charge in [0.15, 0.2) is 0 Å². The largest absolute Gasteiger partial charge is 0.491 e. The van der Waals surface area contributed by atoms with Crippen molar-refractivity contribution in [2.24, 2.45) is 0 Å². The van der Waals surface area contributed by atoms with Crippen LogP contribution in [0, 0.1) is 6.92 Å². The van der Waals surface area contributed by atoms with E-state index in [1.165, 1.54) is 0 Å². The molecule has 0 aromatic heterocycles. The van der Waals surface area contributed by atoms with Crippen LogP contribution in [0.3, 0.4) is 0 Å². The zero-order chi connectivity index (χ0) is 12.8. The summed E-state index contributed by atoms with van der Waals surface area (Å²) in [6, 6.07) is 5.66. The molecule has 1 N–H and O–H groups in total. The molecule has 1 atom stereocenters. The lowest BCUT2D eigenvalue weighted by Gasteiger charge is -2.13. The number of hydrogen-bond donors (Lipinski definition) is 1. The van der Waals surface area contributed by atoms with E-state index in [2.05, 4.69) is 5.32 Å². The minimum atomic E-state index is -0.560. The van der Waals surface area contributed by atoms with Crippen LogP contribution >= 0.6 is 11.6 Å². The molecule has 0 bridgehead atoms. The molecule has 0 fully saturated rings. The molecule has 17 heavy (non-hydrogen) atoms. The Kier molecular flexibility index (Phi) is 5.29. The van der Waals surface area contributed by atoms with Crippen LogP contribution in [0.15, 0.2) is 18.2 Å². The molecule has 1 aromatic carbocycles. The van der Waals surface area contributed by atoms with Crippen molar-refractivity contribution in [3.8, 4) is 5.75 Å². The van der Waals surface area contributed by atoms with E-state index in [1.807, 2.05) is 32.0 Å². The Labute approximate surface area is 107 Å². The molecule has 1 aromatic rings. The SMILES string of the molecule is CCCOc1cc(C)ccc1NC(=O)C(C)Cl. The van der Waals surface area contributed by atoms with E-state index >= 15 is 0 Å². The van der Waals surface area contributed by atoms with E-state index in [0.29, 0.717) is 18.0 Å². The normalized spacial score (nSPS) is 12.0. The topological polar surface area (TPSA) is 38.3 Å². The first-order chi connectivity index (χ1) is 8.04. The van der Waals surface area contributed by atoms with E-state index in [0.717, 1.165) is 12.0 Å². The van der Waals surface area contributed by atoms with Gasteiger partial charge >= 0.3 is 0 Å². The van der Waals surface area contributed by atoms with Crippen LogP contribution in [-0.4, -0.2) is 17.9 Å². The van der Waals surface area contributed by atoms with Crippen molar-refractivity contribution in [1.82, 2.24) is 0 Å². The predicted molar refractivity (Wildman–Crippen MR) is 70.9 cm³/mol. The Hall–Kier alpha value is -1.22. The van der Waals surface area contributed by atoms with E-state index in [1.54, 1.807) is 6.92 Å². The second-order valence-corrected chi connectivity index (χ2v) is 4.61. The minimum absolute atomic E-state index is 0.225. The quantitative estimate of drug-likeness (QED) is 0.820. The number of aryl methyl sites for hydroxylation is 1. The van der Waals surface area contributed by atoms with Crippen molar-refractivity contribution in [3.63, 3.8) is 0 Å². The second-order valence-electron chi connectivity index (χ2n) is 3.95. The van der Waals surface area contributed by atoms with Crippen LogP contribution in [0.2, 0.25) is 0 Å². The van der Waals surface area contributed by atoms with Crippen molar-refractivity contribution in [2.75, 3.05) is 11.9 Å². The molecular weight excluding hydrogens is 238 g/mol. The number of carbonyl (C=O) groups excluding carboxylic acids is 1. The summed E-state index contributed by atoms with van der Waals surface area (Å²) in [5.41, 5.74) is 1.76. The molecule has 1 amide bonds. The summed E-state index contributed by atoms with van der Waals surface area (Å²) < 4.78 is 5.59. The van der Waals surface area contributed by atoms with Crippen LogP contribution in [0.25, 0.3) is 0 Å². The second kappa shape index (κ2) is 6.50. The lowest BCUT2D eigenvalue weighted by Crippen LogP contribution is -2.20. The molecular formula is C13H18ClNO2. The fraction of sp³-hybridized carbons (Fsp3) is 0.462. The molecule has 0 radical (unpaired) electrons. The molecule has 1 rings (SSSR count). The fourth-order valence-corrected chi connectivity index (χ4v) is 1.35. The highest BCUT2D eigenvalue weighted by molar-refractivity contribution is 6.32. The maximum absolute atomic E-state index is 11.5. The van der Waals surface area contributed by atoms with Gasteiger partial charge in [0.05, 0.1) is 12.3 Å².